The summed E-state index contributed by atoms with van der Waals surface area (Å²) in [5.41, 5.74) is 0.648. The van der Waals surface area contributed by atoms with Crippen LogP contribution in [0.4, 0.5) is 16.2 Å². The molecule has 0 radical (unpaired) electrons. The fourth-order valence-electron chi connectivity index (χ4n) is 2.72. The summed E-state index contributed by atoms with van der Waals surface area (Å²) in [4.78, 5) is 35.5. The summed E-state index contributed by atoms with van der Waals surface area (Å²) in [6.07, 6.45) is -0.547. The topological polar surface area (TPSA) is 111 Å². The van der Waals surface area contributed by atoms with Gasteiger partial charge < -0.3 is 15.4 Å². The molecular formula is C21H21N3O5S. The molecule has 9 heteroatoms. The number of hydrogen-bond acceptors (Lipinski definition) is 6. The Morgan fingerprint density at radius 3 is 2.57 bits per heavy atom. The minimum Gasteiger partial charge on any atom is -0.444 e. The Balaban J connectivity index is 1.73. The molecule has 8 nitrogen and oxygen atoms in total. The molecule has 30 heavy (non-hydrogen) atoms. The number of carbonyl (C=O) groups is 2. The highest BCUT2D eigenvalue weighted by molar-refractivity contribution is 7.20. The lowest BCUT2D eigenvalue weighted by molar-refractivity contribution is -0.384. The van der Waals surface area contributed by atoms with Crippen LogP contribution in [0.1, 0.15) is 36.0 Å². The van der Waals surface area contributed by atoms with Crippen molar-refractivity contribution >= 4 is 44.8 Å². The monoisotopic (exact) mass is 427 g/mol. The average molecular weight is 427 g/mol. The van der Waals surface area contributed by atoms with Crippen LogP contribution in [-0.4, -0.2) is 22.5 Å². The van der Waals surface area contributed by atoms with Crippen LogP contribution < -0.4 is 10.6 Å². The molecule has 0 aliphatic rings. The number of para-hydroxylation sites is 1. The van der Waals surface area contributed by atoms with Gasteiger partial charge in [-0.2, -0.15) is 0 Å². The number of anilines is 1. The highest BCUT2D eigenvalue weighted by atomic mass is 32.1. The van der Waals surface area contributed by atoms with Crippen LogP contribution in [0, 0.1) is 10.1 Å². The van der Waals surface area contributed by atoms with E-state index in [4.69, 9.17) is 4.74 Å². The number of benzene rings is 2. The molecule has 1 aromatic heterocycles. The molecule has 0 spiro atoms. The molecule has 0 aliphatic carbocycles. The van der Waals surface area contributed by atoms with E-state index in [0.29, 0.717) is 21.5 Å². The van der Waals surface area contributed by atoms with E-state index < -0.39 is 16.6 Å². The summed E-state index contributed by atoms with van der Waals surface area (Å²) in [7, 11) is 0. The normalized spacial score (nSPS) is 11.2. The van der Waals surface area contributed by atoms with Gasteiger partial charge >= 0.3 is 6.09 Å². The number of nitro groups is 1. The van der Waals surface area contributed by atoms with Gasteiger partial charge in [-0.3, -0.25) is 14.9 Å². The Labute approximate surface area is 177 Å². The van der Waals surface area contributed by atoms with Gasteiger partial charge in [-0.1, -0.05) is 18.2 Å². The first-order valence-electron chi connectivity index (χ1n) is 9.16. The molecule has 0 aliphatic heterocycles. The van der Waals surface area contributed by atoms with Crippen molar-refractivity contribution in [2.24, 2.45) is 0 Å². The SMILES string of the molecule is CC(C)(C)OC(=O)NCc1ccccc1NC(=O)c1cc2cc([N+](=O)[O-])ccc2s1. The largest absolute Gasteiger partial charge is 0.444 e. The van der Waals surface area contributed by atoms with Gasteiger partial charge in [-0.05, 0) is 44.5 Å². The second-order valence-corrected chi connectivity index (χ2v) is 8.64. The summed E-state index contributed by atoms with van der Waals surface area (Å²) in [5, 5.41) is 17.1. The van der Waals surface area contributed by atoms with Crippen LogP contribution in [-0.2, 0) is 11.3 Å². The average Bonchev–Trinajstić information content (AvgIpc) is 3.09. The molecule has 0 atom stereocenters. The molecule has 1 heterocycles. The third-order valence-electron chi connectivity index (χ3n) is 4.02. The fraction of sp³-hybridized carbons (Fsp3) is 0.238. The lowest BCUT2D eigenvalue weighted by Gasteiger charge is -2.20. The van der Waals surface area contributed by atoms with Gasteiger partial charge in [0.05, 0.1) is 9.80 Å². The van der Waals surface area contributed by atoms with E-state index in [-0.39, 0.29) is 18.1 Å². The minimum atomic E-state index is -0.603. The lowest BCUT2D eigenvalue weighted by atomic mass is 10.1. The molecule has 0 saturated carbocycles. The summed E-state index contributed by atoms with van der Waals surface area (Å²) in [5.74, 6) is -0.330. The maximum atomic E-state index is 12.7. The summed E-state index contributed by atoms with van der Waals surface area (Å²) in [6, 6.07) is 13.2. The smallest absolute Gasteiger partial charge is 0.407 e. The number of ether oxygens (including phenoxy) is 1. The third kappa shape index (κ3) is 5.32. The molecule has 2 aromatic carbocycles. The molecule has 156 valence electrons. The van der Waals surface area contributed by atoms with Crippen LogP contribution >= 0.6 is 11.3 Å². The Morgan fingerprint density at radius 2 is 1.87 bits per heavy atom. The van der Waals surface area contributed by atoms with Gasteiger partial charge in [-0.25, -0.2) is 4.79 Å². The van der Waals surface area contributed by atoms with Crippen molar-refractivity contribution in [3.8, 4) is 0 Å². The molecule has 2 N–H and O–H groups in total. The van der Waals surface area contributed by atoms with Crippen molar-refractivity contribution in [1.82, 2.24) is 5.32 Å². The quantitative estimate of drug-likeness (QED) is 0.435. The molecule has 2 amide bonds. The number of hydrogen-bond donors (Lipinski definition) is 2. The van der Waals surface area contributed by atoms with Gasteiger partial charge in [0.2, 0.25) is 0 Å². The highest BCUT2D eigenvalue weighted by Gasteiger charge is 2.17. The number of fused-ring (bicyclic) bond motifs is 1. The van der Waals surface area contributed by atoms with E-state index in [0.717, 1.165) is 4.70 Å². The molecule has 0 saturated heterocycles. The Morgan fingerprint density at radius 1 is 1.13 bits per heavy atom. The second kappa shape index (κ2) is 8.50. The minimum absolute atomic E-state index is 0.0224. The van der Waals surface area contributed by atoms with Gasteiger partial charge in [0, 0.05) is 34.5 Å². The zero-order chi connectivity index (χ0) is 21.9. The van der Waals surface area contributed by atoms with Gasteiger partial charge in [0.15, 0.2) is 0 Å². The number of carbonyl (C=O) groups excluding carboxylic acids is 2. The molecule has 0 bridgehead atoms. The van der Waals surface area contributed by atoms with E-state index >= 15 is 0 Å². The Bertz CT molecular complexity index is 1120. The van der Waals surface area contributed by atoms with Crippen molar-refractivity contribution < 1.29 is 19.2 Å². The first kappa shape index (κ1) is 21.3. The van der Waals surface area contributed by atoms with Crippen molar-refractivity contribution in [2.75, 3.05) is 5.32 Å². The van der Waals surface area contributed by atoms with Crippen molar-refractivity contribution in [3.05, 3.63) is 69.1 Å². The molecular weight excluding hydrogens is 406 g/mol. The van der Waals surface area contributed by atoms with Crippen LogP contribution in [0.5, 0.6) is 0 Å². The van der Waals surface area contributed by atoms with Crippen LogP contribution in [0.25, 0.3) is 10.1 Å². The number of nitrogens with zero attached hydrogens (tertiary/aromatic N) is 1. The Hall–Kier alpha value is -3.46. The number of nitrogens with one attached hydrogen (secondary N) is 2. The highest BCUT2D eigenvalue weighted by Crippen LogP contribution is 2.29. The number of non-ortho nitro benzene ring substituents is 1. The second-order valence-electron chi connectivity index (χ2n) is 7.56. The first-order valence-corrected chi connectivity index (χ1v) is 9.98. The van der Waals surface area contributed by atoms with Crippen molar-refractivity contribution in [2.45, 2.75) is 32.9 Å². The van der Waals surface area contributed by atoms with Crippen LogP contribution in [0.2, 0.25) is 0 Å². The van der Waals surface area contributed by atoms with Gasteiger partial charge in [0.25, 0.3) is 11.6 Å². The van der Waals surface area contributed by atoms with Crippen molar-refractivity contribution in [1.29, 1.82) is 0 Å². The maximum absolute atomic E-state index is 12.7. The molecule has 0 fully saturated rings. The summed E-state index contributed by atoms with van der Waals surface area (Å²) < 4.78 is 6.01. The fourth-order valence-corrected chi connectivity index (χ4v) is 3.66. The summed E-state index contributed by atoms with van der Waals surface area (Å²) >= 11 is 1.25. The van der Waals surface area contributed by atoms with E-state index in [1.807, 2.05) is 0 Å². The molecule has 3 rings (SSSR count). The molecule has 0 unspecified atom stereocenters. The number of nitro benzene ring substituents is 1. The lowest BCUT2D eigenvalue weighted by Crippen LogP contribution is -2.32. The number of amides is 2. The first-order chi connectivity index (χ1) is 14.1. The van der Waals surface area contributed by atoms with E-state index in [1.54, 1.807) is 57.2 Å². The predicted molar refractivity (Wildman–Crippen MR) is 116 cm³/mol. The van der Waals surface area contributed by atoms with E-state index in [2.05, 4.69) is 10.6 Å². The summed E-state index contributed by atoms with van der Waals surface area (Å²) in [6.45, 7) is 5.52. The van der Waals surface area contributed by atoms with Crippen LogP contribution in [0.15, 0.2) is 48.5 Å². The predicted octanol–water partition coefficient (Wildman–Crippen LogP) is 5.09. The number of thiophene rings is 1. The van der Waals surface area contributed by atoms with Crippen molar-refractivity contribution in [3.63, 3.8) is 0 Å². The number of alkyl carbamates (subject to hydrolysis) is 1. The van der Waals surface area contributed by atoms with Gasteiger partial charge in [-0.15, -0.1) is 11.3 Å². The third-order valence-corrected chi connectivity index (χ3v) is 5.14. The standard InChI is InChI=1S/C21H21N3O5S/c1-21(2,3)29-20(26)22-12-13-6-4-5-7-16(13)23-19(25)18-11-14-10-15(24(27)28)8-9-17(14)30-18/h4-11H,12H2,1-3H3,(H,22,26)(H,23,25). The Kier molecular flexibility index (Phi) is 6.02. The maximum Gasteiger partial charge on any atom is 0.407 e. The van der Waals surface area contributed by atoms with Gasteiger partial charge in [0.1, 0.15) is 5.60 Å². The van der Waals surface area contributed by atoms with E-state index in [9.17, 15) is 19.7 Å². The van der Waals surface area contributed by atoms with Crippen LogP contribution in [0.3, 0.4) is 0 Å². The zero-order valence-corrected chi connectivity index (χ0v) is 17.5. The zero-order valence-electron chi connectivity index (χ0n) is 16.7. The molecule has 3 aromatic rings. The van der Waals surface area contributed by atoms with E-state index in [1.165, 1.54) is 23.5 Å². The number of rotatable bonds is 5.